The summed E-state index contributed by atoms with van der Waals surface area (Å²) < 4.78 is 10.8. The number of benzene rings is 1. The predicted octanol–water partition coefficient (Wildman–Crippen LogP) is 2.52. The van der Waals surface area contributed by atoms with E-state index in [0.717, 1.165) is 43.1 Å². The van der Waals surface area contributed by atoms with E-state index in [1.165, 1.54) is 0 Å². The average Bonchev–Trinajstić information content (AvgIpc) is 3.02. The highest BCUT2D eigenvalue weighted by Gasteiger charge is 2.23. The normalized spacial score (nSPS) is 19.4. The molecule has 4 rings (SSSR count). The molecule has 7 nitrogen and oxygen atoms in total. The maximum Gasteiger partial charge on any atom is 0.231 e. The Morgan fingerprint density at radius 1 is 1.21 bits per heavy atom. The minimum atomic E-state index is 0.280. The van der Waals surface area contributed by atoms with Crippen LogP contribution in [0, 0.1) is 0 Å². The van der Waals surface area contributed by atoms with E-state index in [0.29, 0.717) is 16.9 Å². The molecule has 0 spiro atoms. The summed E-state index contributed by atoms with van der Waals surface area (Å²) in [4.78, 5) is 10.7. The third kappa shape index (κ3) is 3.12. The van der Waals surface area contributed by atoms with Crippen LogP contribution in [0.4, 0.5) is 17.5 Å². The molecular weight excluding hydrogens is 330 g/mol. The van der Waals surface area contributed by atoms with Gasteiger partial charge in [-0.2, -0.15) is 4.98 Å². The van der Waals surface area contributed by atoms with Crippen molar-refractivity contribution in [1.29, 1.82) is 0 Å². The summed E-state index contributed by atoms with van der Waals surface area (Å²) in [6, 6.07) is 7.72. The van der Waals surface area contributed by atoms with Crippen LogP contribution in [0.15, 0.2) is 24.3 Å². The Labute approximate surface area is 144 Å². The predicted molar refractivity (Wildman–Crippen MR) is 92.9 cm³/mol. The van der Waals surface area contributed by atoms with E-state index < -0.39 is 0 Å². The van der Waals surface area contributed by atoms with Gasteiger partial charge in [-0.1, -0.05) is 11.6 Å². The lowest BCUT2D eigenvalue weighted by Crippen LogP contribution is -2.43. The third-order valence-corrected chi connectivity index (χ3v) is 4.34. The van der Waals surface area contributed by atoms with Gasteiger partial charge in [-0.3, -0.25) is 0 Å². The Morgan fingerprint density at radius 2 is 2.08 bits per heavy atom. The van der Waals surface area contributed by atoms with Crippen molar-refractivity contribution in [3.05, 3.63) is 29.4 Å². The molecule has 1 aromatic carbocycles. The molecule has 126 valence electrons. The molecule has 1 aromatic heterocycles. The summed E-state index contributed by atoms with van der Waals surface area (Å²) >= 11 is 5.99. The number of hydrogen-bond acceptors (Lipinski definition) is 7. The van der Waals surface area contributed by atoms with Gasteiger partial charge in [0.15, 0.2) is 11.5 Å². The van der Waals surface area contributed by atoms with Crippen molar-refractivity contribution in [3.63, 3.8) is 0 Å². The van der Waals surface area contributed by atoms with Crippen LogP contribution in [0.3, 0.4) is 0 Å². The van der Waals surface area contributed by atoms with Crippen molar-refractivity contribution in [3.8, 4) is 11.5 Å². The van der Waals surface area contributed by atoms with Gasteiger partial charge in [0.1, 0.15) is 11.0 Å². The van der Waals surface area contributed by atoms with Crippen LogP contribution in [-0.2, 0) is 0 Å². The summed E-state index contributed by atoms with van der Waals surface area (Å²) in [6.45, 7) is 1.96. The molecule has 3 N–H and O–H groups in total. The maximum absolute atomic E-state index is 5.99. The van der Waals surface area contributed by atoms with E-state index in [1.807, 2.05) is 18.2 Å². The summed E-state index contributed by atoms with van der Waals surface area (Å²) in [5.41, 5.74) is 6.78. The first-order chi connectivity index (χ1) is 11.7. The van der Waals surface area contributed by atoms with Gasteiger partial charge in [0.05, 0.1) is 0 Å². The number of rotatable bonds is 3. The van der Waals surface area contributed by atoms with Crippen LogP contribution in [0.25, 0.3) is 0 Å². The quantitative estimate of drug-likeness (QED) is 0.825. The topological polar surface area (TPSA) is 85.5 Å². The van der Waals surface area contributed by atoms with Crippen molar-refractivity contribution in [2.45, 2.75) is 18.9 Å². The SMILES string of the molecule is Nc1cc(Cl)nc(N2CCCC(Nc3ccc4c(c3)OCO4)C2)n1. The minimum Gasteiger partial charge on any atom is -0.454 e. The van der Waals surface area contributed by atoms with Gasteiger partial charge in [-0.05, 0) is 25.0 Å². The van der Waals surface area contributed by atoms with Gasteiger partial charge in [0.25, 0.3) is 0 Å². The maximum atomic E-state index is 5.99. The fourth-order valence-electron chi connectivity index (χ4n) is 3.06. The molecule has 0 saturated carbocycles. The van der Waals surface area contributed by atoms with Gasteiger partial charge >= 0.3 is 0 Å². The molecule has 1 unspecified atom stereocenters. The number of nitrogens with one attached hydrogen (secondary N) is 1. The van der Waals surface area contributed by atoms with Crippen LogP contribution < -0.4 is 25.4 Å². The van der Waals surface area contributed by atoms with Crippen LogP contribution in [0.2, 0.25) is 5.15 Å². The molecule has 8 heteroatoms. The molecule has 2 aromatic rings. The number of hydrogen-bond donors (Lipinski definition) is 2. The number of nitrogen functional groups attached to an aromatic ring is 1. The summed E-state index contributed by atoms with van der Waals surface area (Å²) in [5, 5.41) is 3.91. The van der Waals surface area contributed by atoms with E-state index in [9.17, 15) is 0 Å². The first-order valence-electron chi connectivity index (χ1n) is 7.88. The number of ether oxygens (including phenoxy) is 2. The van der Waals surface area contributed by atoms with Gasteiger partial charge in [-0.15, -0.1) is 0 Å². The smallest absolute Gasteiger partial charge is 0.231 e. The monoisotopic (exact) mass is 347 g/mol. The van der Waals surface area contributed by atoms with Crippen molar-refractivity contribution >= 4 is 29.1 Å². The molecule has 1 atom stereocenters. The van der Waals surface area contributed by atoms with Gasteiger partial charge in [0, 0.05) is 37.0 Å². The van der Waals surface area contributed by atoms with Gasteiger partial charge in [0.2, 0.25) is 12.7 Å². The molecule has 0 amide bonds. The molecule has 1 fully saturated rings. The molecule has 0 bridgehead atoms. The van der Waals surface area contributed by atoms with Crippen molar-refractivity contribution < 1.29 is 9.47 Å². The minimum absolute atomic E-state index is 0.280. The standard InChI is InChI=1S/C16H18ClN5O2/c17-14-7-15(18)21-16(20-14)22-5-1-2-11(8-22)19-10-3-4-12-13(6-10)24-9-23-12/h3-4,6-7,11,19H,1-2,5,8-9H2,(H2,18,20,21). The Bertz CT molecular complexity index is 737. The Kier molecular flexibility index (Phi) is 3.93. The molecule has 0 radical (unpaired) electrons. The van der Waals surface area contributed by atoms with Crippen LogP contribution in [0.5, 0.6) is 11.5 Å². The molecular formula is C16H18ClN5O2. The van der Waals surface area contributed by atoms with Gasteiger partial charge < -0.3 is 25.4 Å². The number of piperidine rings is 1. The van der Waals surface area contributed by atoms with E-state index >= 15 is 0 Å². The van der Waals surface area contributed by atoms with Crippen LogP contribution >= 0.6 is 11.6 Å². The zero-order chi connectivity index (χ0) is 16.5. The molecule has 0 aliphatic carbocycles. The summed E-state index contributed by atoms with van der Waals surface area (Å²) in [7, 11) is 0. The van der Waals surface area contributed by atoms with Crippen LogP contribution in [-0.4, -0.2) is 35.9 Å². The molecule has 1 saturated heterocycles. The highest BCUT2D eigenvalue weighted by molar-refractivity contribution is 6.29. The van der Waals surface area contributed by atoms with Gasteiger partial charge in [-0.25, -0.2) is 4.98 Å². The van der Waals surface area contributed by atoms with Crippen molar-refractivity contribution in [1.82, 2.24) is 9.97 Å². The lowest BCUT2D eigenvalue weighted by atomic mass is 10.1. The number of fused-ring (bicyclic) bond motifs is 1. The molecule has 3 heterocycles. The number of nitrogens with zero attached hydrogens (tertiary/aromatic N) is 3. The van der Waals surface area contributed by atoms with E-state index in [-0.39, 0.29) is 12.8 Å². The highest BCUT2D eigenvalue weighted by atomic mass is 35.5. The summed E-state index contributed by atoms with van der Waals surface area (Å²) in [6.07, 6.45) is 2.11. The third-order valence-electron chi connectivity index (χ3n) is 4.15. The number of anilines is 3. The number of nitrogens with two attached hydrogens (primary N) is 1. The first kappa shape index (κ1) is 15.1. The zero-order valence-electron chi connectivity index (χ0n) is 13.0. The highest BCUT2D eigenvalue weighted by Crippen LogP contribution is 2.34. The molecule has 2 aliphatic rings. The van der Waals surface area contributed by atoms with E-state index in [1.54, 1.807) is 6.07 Å². The summed E-state index contributed by atoms with van der Waals surface area (Å²) in [5.74, 6) is 2.53. The van der Waals surface area contributed by atoms with Crippen molar-refractivity contribution in [2.75, 3.05) is 35.8 Å². The second-order valence-electron chi connectivity index (χ2n) is 5.91. The average molecular weight is 348 g/mol. The first-order valence-corrected chi connectivity index (χ1v) is 8.26. The molecule has 24 heavy (non-hydrogen) atoms. The van der Waals surface area contributed by atoms with E-state index in [2.05, 4.69) is 20.2 Å². The number of halogens is 1. The second-order valence-corrected chi connectivity index (χ2v) is 6.30. The van der Waals surface area contributed by atoms with E-state index in [4.69, 9.17) is 26.8 Å². The largest absolute Gasteiger partial charge is 0.454 e. The Balaban J connectivity index is 1.47. The fraction of sp³-hybridized carbons (Fsp3) is 0.375. The molecule has 2 aliphatic heterocycles. The van der Waals surface area contributed by atoms with Crippen molar-refractivity contribution in [2.24, 2.45) is 0 Å². The Hall–Kier alpha value is -2.41. The zero-order valence-corrected chi connectivity index (χ0v) is 13.8. The fourth-order valence-corrected chi connectivity index (χ4v) is 3.25. The second kappa shape index (κ2) is 6.24. The Morgan fingerprint density at radius 3 is 2.96 bits per heavy atom. The lowest BCUT2D eigenvalue weighted by Gasteiger charge is -2.33. The van der Waals surface area contributed by atoms with Crippen LogP contribution in [0.1, 0.15) is 12.8 Å². The lowest BCUT2D eigenvalue weighted by molar-refractivity contribution is 0.174. The number of aromatic nitrogens is 2.